The first-order valence-electron chi connectivity index (χ1n) is 9.05. The average molecular weight is 425 g/mol. The minimum atomic E-state index is -0.183. The van der Waals surface area contributed by atoms with E-state index in [-0.39, 0.29) is 11.5 Å². The Kier molecular flexibility index (Phi) is 6.67. The Morgan fingerprint density at radius 1 is 1.15 bits per heavy atom. The van der Waals surface area contributed by atoms with Gasteiger partial charge in [-0.1, -0.05) is 36.4 Å². The number of halogens is 1. The van der Waals surface area contributed by atoms with Crippen LogP contribution in [-0.2, 0) is 11.4 Å². The fourth-order valence-corrected chi connectivity index (χ4v) is 3.55. The van der Waals surface area contributed by atoms with E-state index in [0.29, 0.717) is 6.61 Å². The predicted molar refractivity (Wildman–Crippen MR) is 109 cm³/mol. The first-order chi connectivity index (χ1) is 13.2. The number of likely N-dealkylation sites (tertiary alicyclic amines) is 1. The van der Waals surface area contributed by atoms with Crippen molar-refractivity contribution in [1.29, 1.82) is 5.26 Å². The van der Waals surface area contributed by atoms with Crippen LogP contribution in [0.2, 0.25) is 0 Å². The number of rotatable bonds is 5. The number of hydrogen-bond donors (Lipinski definition) is 0. The zero-order valence-corrected chi connectivity index (χ0v) is 16.6. The summed E-state index contributed by atoms with van der Waals surface area (Å²) in [7, 11) is 0. The van der Waals surface area contributed by atoms with Crippen LogP contribution in [0.3, 0.4) is 0 Å². The van der Waals surface area contributed by atoms with E-state index in [0.717, 1.165) is 53.7 Å². The number of hydrogen-bond acceptors (Lipinski definition) is 3. The summed E-state index contributed by atoms with van der Waals surface area (Å²) in [6.07, 6.45) is 4.79. The topological polar surface area (TPSA) is 53.3 Å². The van der Waals surface area contributed by atoms with Crippen LogP contribution in [0.15, 0.2) is 58.6 Å². The molecule has 138 valence electrons. The van der Waals surface area contributed by atoms with Gasteiger partial charge in [-0.25, -0.2) is 0 Å². The molecule has 3 rings (SSSR count). The molecule has 1 aliphatic heterocycles. The quantitative estimate of drug-likeness (QED) is 0.503. The lowest BCUT2D eigenvalue weighted by atomic mass is 10.1. The highest BCUT2D eigenvalue weighted by Gasteiger charge is 2.20. The molecular weight excluding hydrogens is 404 g/mol. The van der Waals surface area contributed by atoms with Gasteiger partial charge in [0, 0.05) is 13.1 Å². The van der Waals surface area contributed by atoms with Crippen molar-refractivity contribution in [2.24, 2.45) is 0 Å². The van der Waals surface area contributed by atoms with Gasteiger partial charge >= 0.3 is 0 Å². The number of piperidine rings is 1. The minimum Gasteiger partial charge on any atom is -0.488 e. The third-order valence-corrected chi connectivity index (χ3v) is 5.12. The number of ether oxygens (including phenoxy) is 1. The van der Waals surface area contributed by atoms with Crippen LogP contribution in [0.1, 0.15) is 30.4 Å². The number of carbonyl (C=O) groups is 1. The summed E-state index contributed by atoms with van der Waals surface area (Å²) >= 11 is 3.51. The summed E-state index contributed by atoms with van der Waals surface area (Å²) in [4.78, 5) is 14.3. The van der Waals surface area contributed by atoms with Gasteiger partial charge in [-0.05, 0) is 64.5 Å². The maximum atomic E-state index is 12.5. The Morgan fingerprint density at radius 3 is 2.56 bits per heavy atom. The van der Waals surface area contributed by atoms with E-state index in [2.05, 4.69) is 22.0 Å². The fraction of sp³-hybridized carbons (Fsp3) is 0.273. The molecule has 2 aromatic carbocycles. The normalized spacial score (nSPS) is 14.5. The van der Waals surface area contributed by atoms with Gasteiger partial charge in [0.1, 0.15) is 24.0 Å². The molecule has 0 atom stereocenters. The molecule has 5 heteroatoms. The minimum absolute atomic E-state index is 0.168. The van der Waals surface area contributed by atoms with Gasteiger partial charge < -0.3 is 9.64 Å². The summed E-state index contributed by atoms with van der Waals surface area (Å²) in [5.41, 5.74) is 2.05. The number of benzene rings is 2. The monoisotopic (exact) mass is 424 g/mol. The Labute approximate surface area is 168 Å². The Morgan fingerprint density at radius 2 is 1.89 bits per heavy atom. The number of carbonyl (C=O) groups excluding carboxylic acids is 1. The second-order valence-electron chi connectivity index (χ2n) is 6.49. The number of nitriles is 1. The Hall–Kier alpha value is -2.58. The molecule has 0 saturated carbocycles. The second-order valence-corrected chi connectivity index (χ2v) is 7.34. The third-order valence-electron chi connectivity index (χ3n) is 4.50. The van der Waals surface area contributed by atoms with Crippen molar-refractivity contribution in [2.45, 2.75) is 25.9 Å². The van der Waals surface area contributed by atoms with Gasteiger partial charge in [-0.2, -0.15) is 5.26 Å². The molecule has 0 aromatic heterocycles. The van der Waals surface area contributed by atoms with Crippen LogP contribution < -0.4 is 4.74 Å². The van der Waals surface area contributed by atoms with Crippen molar-refractivity contribution in [3.8, 4) is 11.8 Å². The molecule has 27 heavy (non-hydrogen) atoms. The van der Waals surface area contributed by atoms with E-state index < -0.39 is 0 Å². The highest BCUT2D eigenvalue weighted by Crippen LogP contribution is 2.28. The maximum Gasteiger partial charge on any atom is 0.264 e. The SMILES string of the molecule is N#C/C(=C\c1ccc(OCc2ccccc2)c(Br)c1)C(=O)N1CCCCC1. The standard InChI is InChI=1S/C22H21BrN2O2/c23-20-14-18(9-10-21(20)27-16-17-7-3-1-4-8-17)13-19(15-24)22(26)25-11-5-2-6-12-25/h1,3-4,7-10,13-14H,2,5-6,11-12,16H2/b19-13+. The van der Waals surface area contributed by atoms with Crippen molar-refractivity contribution < 1.29 is 9.53 Å². The van der Waals surface area contributed by atoms with Crippen molar-refractivity contribution >= 4 is 27.9 Å². The lowest BCUT2D eigenvalue weighted by Gasteiger charge is -2.26. The number of nitrogens with zero attached hydrogens (tertiary/aromatic N) is 2. The maximum absolute atomic E-state index is 12.5. The van der Waals surface area contributed by atoms with Crippen LogP contribution in [0, 0.1) is 11.3 Å². The molecule has 0 spiro atoms. The lowest BCUT2D eigenvalue weighted by Crippen LogP contribution is -2.36. The van der Waals surface area contributed by atoms with Gasteiger partial charge in [0.2, 0.25) is 0 Å². The Bertz CT molecular complexity index is 866. The molecule has 2 aromatic rings. The van der Waals surface area contributed by atoms with Crippen LogP contribution >= 0.6 is 15.9 Å². The third kappa shape index (κ3) is 5.21. The van der Waals surface area contributed by atoms with Gasteiger partial charge in [0.15, 0.2) is 0 Å². The van der Waals surface area contributed by atoms with Gasteiger partial charge in [0.25, 0.3) is 5.91 Å². The van der Waals surface area contributed by atoms with Crippen molar-refractivity contribution in [2.75, 3.05) is 13.1 Å². The summed E-state index contributed by atoms with van der Waals surface area (Å²) in [6, 6.07) is 17.6. The van der Waals surface area contributed by atoms with E-state index in [1.165, 1.54) is 0 Å². The van der Waals surface area contributed by atoms with Crippen molar-refractivity contribution in [3.05, 3.63) is 69.7 Å². The van der Waals surface area contributed by atoms with Crippen molar-refractivity contribution in [3.63, 3.8) is 0 Å². The van der Waals surface area contributed by atoms with Crippen LogP contribution in [0.5, 0.6) is 5.75 Å². The van der Waals surface area contributed by atoms with Gasteiger partial charge in [-0.3, -0.25) is 4.79 Å². The first-order valence-corrected chi connectivity index (χ1v) is 9.84. The zero-order chi connectivity index (χ0) is 19.1. The smallest absolute Gasteiger partial charge is 0.264 e. The molecule has 1 saturated heterocycles. The van der Waals surface area contributed by atoms with Crippen LogP contribution in [0.25, 0.3) is 6.08 Å². The largest absolute Gasteiger partial charge is 0.488 e. The summed E-state index contributed by atoms with van der Waals surface area (Å²) in [6.45, 7) is 1.94. The molecule has 4 nitrogen and oxygen atoms in total. The number of amides is 1. The second kappa shape index (κ2) is 9.38. The molecule has 0 bridgehead atoms. The van der Waals surface area contributed by atoms with Gasteiger partial charge in [-0.15, -0.1) is 0 Å². The molecule has 0 aliphatic carbocycles. The van der Waals surface area contributed by atoms with Gasteiger partial charge in [0.05, 0.1) is 4.47 Å². The Balaban J connectivity index is 1.70. The molecule has 0 N–H and O–H groups in total. The van der Waals surface area contributed by atoms with E-state index in [1.807, 2.05) is 48.5 Å². The zero-order valence-electron chi connectivity index (χ0n) is 15.0. The van der Waals surface area contributed by atoms with E-state index in [9.17, 15) is 10.1 Å². The predicted octanol–water partition coefficient (Wildman–Crippen LogP) is 4.95. The highest BCUT2D eigenvalue weighted by atomic mass is 79.9. The summed E-state index contributed by atoms with van der Waals surface area (Å²) in [5, 5.41) is 9.42. The van der Waals surface area contributed by atoms with Crippen LogP contribution in [-0.4, -0.2) is 23.9 Å². The first kappa shape index (κ1) is 19.2. The summed E-state index contributed by atoms with van der Waals surface area (Å²) < 4.78 is 6.63. The molecule has 1 fully saturated rings. The molecular formula is C22H21BrN2O2. The molecule has 0 unspecified atom stereocenters. The highest BCUT2D eigenvalue weighted by molar-refractivity contribution is 9.10. The van der Waals surface area contributed by atoms with E-state index in [1.54, 1.807) is 11.0 Å². The molecule has 1 amide bonds. The summed E-state index contributed by atoms with van der Waals surface area (Å²) in [5.74, 6) is 0.537. The fourth-order valence-electron chi connectivity index (χ4n) is 3.04. The van der Waals surface area contributed by atoms with Crippen molar-refractivity contribution in [1.82, 2.24) is 4.90 Å². The molecule has 0 radical (unpaired) electrons. The van der Waals surface area contributed by atoms with E-state index in [4.69, 9.17) is 4.74 Å². The molecule has 1 heterocycles. The molecule has 1 aliphatic rings. The van der Waals surface area contributed by atoms with Crippen LogP contribution in [0.4, 0.5) is 0 Å². The average Bonchev–Trinajstić information content (AvgIpc) is 2.72. The van der Waals surface area contributed by atoms with E-state index >= 15 is 0 Å². The lowest BCUT2D eigenvalue weighted by molar-refractivity contribution is -0.127.